The van der Waals surface area contributed by atoms with Gasteiger partial charge in [0.1, 0.15) is 0 Å². The summed E-state index contributed by atoms with van der Waals surface area (Å²) in [7, 11) is 0. The predicted octanol–water partition coefficient (Wildman–Crippen LogP) is 4.32. The maximum Gasteiger partial charge on any atom is 0.450 e. The van der Waals surface area contributed by atoms with Gasteiger partial charge in [-0.25, -0.2) is 0 Å². The first-order valence-corrected chi connectivity index (χ1v) is 4.48. The summed E-state index contributed by atoms with van der Waals surface area (Å²) in [5, 5.41) is 0. The highest BCUT2D eigenvalue weighted by Gasteiger charge is 2.61. The summed E-state index contributed by atoms with van der Waals surface area (Å²) < 4.78 is 63.1. The molecule has 98 valence electrons. The third-order valence-corrected chi connectivity index (χ3v) is 2.02. The zero-order chi connectivity index (χ0) is 13.4. The van der Waals surface area contributed by atoms with E-state index in [9.17, 15) is 26.3 Å². The van der Waals surface area contributed by atoms with Crippen LogP contribution in [0, 0.1) is 0 Å². The van der Waals surface area contributed by atoms with Gasteiger partial charge in [-0.1, -0.05) is 46.4 Å². The standard InChI is InChI=1S/C4Cl4F6O2/c5-1(6,3(9,10)11)15-16-2(7,8)4(12,13)14. The van der Waals surface area contributed by atoms with Gasteiger partial charge in [0.25, 0.3) is 0 Å². The Labute approximate surface area is 104 Å². The van der Waals surface area contributed by atoms with Gasteiger partial charge < -0.3 is 0 Å². The lowest BCUT2D eigenvalue weighted by molar-refractivity contribution is -0.418. The van der Waals surface area contributed by atoms with E-state index in [1.54, 1.807) is 0 Å². The molecule has 0 amide bonds. The zero-order valence-corrected chi connectivity index (χ0v) is 9.62. The number of alkyl halides is 10. The van der Waals surface area contributed by atoms with Crippen LogP contribution in [-0.2, 0) is 9.78 Å². The molecule has 0 aromatic rings. The Bertz CT molecular complexity index is 222. The van der Waals surface area contributed by atoms with Crippen molar-refractivity contribution < 1.29 is 36.1 Å². The second-order valence-electron chi connectivity index (χ2n) is 2.20. The van der Waals surface area contributed by atoms with Gasteiger partial charge in [0.05, 0.1) is 0 Å². The third kappa shape index (κ3) is 4.15. The number of halogens is 10. The highest BCUT2D eigenvalue weighted by atomic mass is 35.5. The fourth-order valence-corrected chi connectivity index (χ4v) is 0.325. The van der Waals surface area contributed by atoms with Crippen LogP contribution in [0.4, 0.5) is 26.3 Å². The quantitative estimate of drug-likeness (QED) is 0.331. The molecule has 0 unspecified atom stereocenters. The molecule has 0 aromatic heterocycles. The van der Waals surface area contributed by atoms with Crippen LogP contribution < -0.4 is 0 Å². The lowest BCUT2D eigenvalue weighted by Gasteiger charge is -2.26. The second-order valence-corrected chi connectivity index (χ2v) is 4.71. The molecule has 0 aromatic carbocycles. The van der Waals surface area contributed by atoms with Crippen LogP contribution in [0.2, 0.25) is 0 Å². The second kappa shape index (κ2) is 4.74. The molecule has 0 rings (SSSR count). The zero-order valence-electron chi connectivity index (χ0n) is 6.60. The molecule has 0 fully saturated rings. The molecule has 16 heavy (non-hydrogen) atoms. The largest absolute Gasteiger partial charge is 0.450 e. The van der Waals surface area contributed by atoms with Crippen molar-refractivity contribution in [3.05, 3.63) is 0 Å². The van der Waals surface area contributed by atoms with Gasteiger partial charge in [0.15, 0.2) is 0 Å². The summed E-state index contributed by atoms with van der Waals surface area (Å²) in [5.74, 6) is 0. The Hall–Kier alpha value is 0.660. The average molecular weight is 336 g/mol. The minimum atomic E-state index is -5.41. The normalized spacial score (nSPS) is 15.4. The van der Waals surface area contributed by atoms with E-state index < -0.39 is 21.4 Å². The molecule has 0 aliphatic heterocycles. The maximum absolute atomic E-state index is 11.9. The monoisotopic (exact) mass is 334 g/mol. The Balaban J connectivity index is 4.59. The van der Waals surface area contributed by atoms with E-state index in [0.29, 0.717) is 0 Å². The van der Waals surface area contributed by atoms with Crippen molar-refractivity contribution in [3.8, 4) is 0 Å². The summed E-state index contributed by atoms with van der Waals surface area (Å²) in [4.78, 5) is 6.21. The van der Waals surface area contributed by atoms with E-state index in [1.165, 1.54) is 0 Å². The Morgan fingerprint density at radius 2 is 0.750 bits per heavy atom. The average Bonchev–Trinajstić information content (AvgIpc) is 1.97. The molecular formula is C4Cl4F6O2. The summed E-state index contributed by atoms with van der Waals surface area (Å²) in [6, 6.07) is 0. The summed E-state index contributed by atoms with van der Waals surface area (Å²) >= 11 is 17.9. The van der Waals surface area contributed by atoms with Gasteiger partial charge in [-0.15, -0.1) is 0 Å². The van der Waals surface area contributed by atoms with Crippen LogP contribution >= 0.6 is 46.4 Å². The molecule has 0 aliphatic carbocycles. The highest BCUT2D eigenvalue weighted by Crippen LogP contribution is 2.46. The Kier molecular flexibility index (Phi) is 4.93. The lowest BCUT2D eigenvalue weighted by atomic mass is 10.7. The van der Waals surface area contributed by atoms with Crippen molar-refractivity contribution in [2.45, 2.75) is 21.4 Å². The Morgan fingerprint density at radius 3 is 0.875 bits per heavy atom. The van der Waals surface area contributed by atoms with Crippen molar-refractivity contribution in [1.82, 2.24) is 0 Å². The molecule has 0 N–H and O–H groups in total. The molecule has 12 heteroatoms. The summed E-state index contributed by atoms with van der Waals surface area (Å²) in [5.41, 5.74) is 0. The molecular weight excluding hydrogens is 336 g/mol. The fraction of sp³-hybridized carbons (Fsp3) is 1.00. The lowest BCUT2D eigenvalue weighted by Crippen LogP contribution is -2.43. The van der Waals surface area contributed by atoms with Crippen LogP contribution in [0.15, 0.2) is 0 Å². The van der Waals surface area contributed by atoms with Gasteiger partial charge >= 0.3 is 21.4 Å². The van der Waals surface area contributed by atoms with E-state index in [0.717, 1.165) is 0 Å². The van der Waals surface area contributed by atoms with Gasteiger partial charge in [-0.3, -0.25) is 0 Å². The van der Waals surface area contributed by atoms with Crippen molar-refractivity contribution in [2.24, 2.45) is 0 Å². The molecule has 0 saturated carbocycles. The van der Waals surface area contributed by atoms with Crippen molar-refractivity contribution in [2.75, 3.05) is 0 Å². The highest BCUT2D eigenvalue weighted by molar-refractivity contribution is 6.48. The molecule has 0 atom stereocenters. The van der Waals surface area contributed by atoms with Crippen LogP contribution in [0.3, 0.4) is 0 Å². The molecule has 0 bridgehead atoms. The van der Waals surface area contributed by atoms with Crippen molar-refractivity contribution in [3.63, 3.8) is 0 Å². The minimum absolute atomic E-state index is 3.11. The maximum atomic E-state index is 11.9. The first-order chi connectivity index (χ1) is 6.71. The van der Waals surface area contributed by atoms with Crippen LogP contribution in [0.1, 0.15) is 0 Å². The number of rotatable bonds is 3. The fourth-order valence-electron chi connectivity index (χ4n) is 0.199. The number of hydrogen-bond acceptors (Lipinski definition) is 2. The number of hydrogen-bond donors (Lipinski definition) is 0. The van der Waals surface area contributed by atoms with Crippen molar-refractivity contribution in [1.29, 1.82) is 0 Å². The predicted molar refractivity (Wildman–Crippen MR) is 43.2 cm³/mol. The first kappa shape index (κ1) is 16.7. The first-order valence-electron chi connectivity index (χ1n) is 2.96. The van der Waals surface area contributed by atoms with Crippen LogP contribution in [0.5, 0.6) is 0 Å². The minimum Gasteiger partial charge on any atom is -0.183 e. The van der Waals surface area contributed by atoms with E-state index >= 15 is 0 Å². The topological polar surface area (TPSA) is 18.5 Å². The van der Waals surface area contributed by atoms with E-state index in [1.807, 2.05) is 0 Å². The van der Waals surface area contributed by atoms with Gasteiger partial charge in [0, 0.05) is 0 Å². The SMILES string of the molecule is FC(F)(F)C(Cl)(Cl)OOC(Cl)(Cl)C(F)(F)F. The van der Waals surface area contributed by atoms with Crippen LogP contribution in [-0.4, -0.2) is 21.4 Å². The third-order valence-electron chi connectivity index (χ3n) is 0.911. The molecule has 0 saturated heterocycles. The van der Waals surface area contributed by atoms with Crippen LogP contribution in [0.25, 0.3) is 0 Å². The molecule has 2 nitrogen and oxygen atoms in total. The molecule has 0 heterocycles. The van der Waals surface area contributed by atoms with Gasteiger partial charge in [-0.05, 0) is 0 Å². The summed E-state index contributed by atoms with van der Waals surface area (Å²) in [6.07, 6.45) is -10.8. The van der Waals surface area contributed by atoms with Crippen molar-refractivity contribution >= 4 is 46.4 Å². The molecule has 0 aliphatic rings. The molecule has 0 radical (unpaired) electrons. The van der Waals surface area contributed by atoms with Gasteiger partial charge in [-0.2, -0.15) is 36.1 Å². The smallest absolute Gasteiger partial charge is 0.183 e. The van der Waals surface area contributed by atoms with E-state index in [-0.39, 0.29) is 0 Å². The Morgan fingerprint density at radius 1 is 0.562 bits per heavy atom. The van der Waals surface area contributed by atoms with E-state index in [4.69, 9.17) is 0 Å². The van der Waals surface area contributed by atoms with Gasteiger partial charge in [0.2, 0.25) is 0 Å². The summed E-state index contributed by atoms with van der Waals surface area (Å²) in [6.45, 7) is 0. The molecule has 0 spiro atoms. The van der Waals surface area contributed by atoms with E-state index in [2.05, 4.69) is 56.2 Å².